The van der Waals surface area contributed by atoms with Crippen molar-refractivity contribution in [1.82, 2.24) is 5.32 Å². The molecule has 1 amide bonds. The molecule has 3 aromatic rings. The van der Waals surface area contributed by atoms with Crippen molar-refractivity contribution in [3.63, 3.8) is 0 Å². The number of carbonyl (C=O) groups excluding carboxylic acids is 1. The van der Waals surface area contributed by atoms with Crippen molar-refractivity contribution in [1.29, 1.82) is 0 Å². The molecular weight excluding hydrogens is 376 g/mol. The average Bonchev–Trinajstić information content (AvgIpc) is 3.20. The van der Waals surface area contributed by atoms with E-state index in [1.807, 2.05) is 6.92 Å². The van der Waals surface area contributed by atoms with Gasteiger partial charge in [-0.25, -0.2) is 8.42 Å². The van der Waals surface area contributed by atoms with Crippen LogP contribution in [-0.4, -0.2) is 21.4 Å². The maximum absolute atomic E-state index is 12.8. The van der Waals surface area contributed by atoms with Crippen molar-refractivity contribution >= 4 is 21.6 Å². The minimum atomic E-state index is -3.63. The van der Waals surface area contributed by atoms with Crippen LogP contribution in [0.3, 0.4) is 0 Å². The topological polar surface area (TPSA) is 79.6 Å². The van der Waals surface area contributed by atoms with Gasteiger partial charge in [-0.15, -0.1) is 0 Å². The van der Waals surface area contributed by atoms with Crippen molar-refractivity contribution < 1.29 is 17.6 Å². The minimum Gasteiger partial charge on any atom is -0.467 e. The Labute approximate surface area is 164 Å². The molecule has 0 atom stereocenters. The number of anilines is 1. The third-order valence-electron chi connectivity index (χ3n) is 4.38. The maximum Gasteiger partial charge on any atom is 0.264 e. The molecule has 28 heavy (non-hydrogen) atoms. The lowest BCUT2D eigenvalue weighted by Gasteiger charge is -2.20. The SMILES string of the molecule is Cc1ccc(S(=O)(=O)N(C)c2ccc(CC(=O)NCc3ccco3)cc2)cc1. The Morgan fingerprint density at radius 2 is 1.71 bits per heavy atom. The van der Waals surface area contributed by atoms with Crippen LogP contribution in [0.5, 0.6) is 0 Å². The molecule has 6 nitrogen and oxygen atoms in total. The van der Waals surface area contributed by atoms with Gasteiger partial charge < -0.3 is 9.73 Å². The van der Waals surface area contributed by atoms with Gasteiger partial charge in [0.2, 0.25) is 5.91 Å². The van der Waals surface area contributed by atoms with Crippen molar-refractivity contribution in [2.75, 3.05) is 11.4 Å². The Bertz CT molecular complexity index is 1030. The van der Waals surface area contributed by atoms with Crippen LogP contribution in [0.2, 0.25) is 0 Å². The van der Waals surface area contributed by atoms with E-state index in [9.17, 15) is 13.2 Å². The van der Waals surface area contributed by atoms with Gasteiger partial charge in [-0.1, -0.05) is 29.8 Å². The zero-order chi connectivity index (χ0) is 20.1. The highest BCUT2D eigenvalue weighted by molar-refractivity contribution is 7.92. The number of sulfonamides is 1. The van der Waals surface area contributed by atoms with Crippen LogP contribution in [0.15, 0.2) is 76.2 Å². The van der Waals surface area contributed by atoms with Gasteiger partial charge in [0.1, 0.15) is 5.76 Å². The first-order chi connectivity index (χ1) is 13.4. The van der Waals surface area contributed by atoms with E-state index < -0.39 is 10.0 Å². The number of hydrogen-bond donors (Lipinski definition) is 1. The summed E-state index contributed by atoms with van der Waals surface area (Å²) in [5.41, 5.74) is 2.32. The molecule has 0 saturated heterocycles. The molecule has 0 bridgehead atoms. The summed E-state index contributed by atoms with van der Waals surface area (Å²) in [5.74, 6) is 0.552. The molecule has 0 aliphatic rings. The molecule has 0 aliphatic carbocycles. The zero-order valence-corrected chi connectivity index (χ0v) is 16.6. The van der Waals surface area contributed by atoms with Crippen LogP contribution in [-0.2, 0) is 27.8 Å². The molecule has 0 spiro atoms. The monoisotopic (exact) mass is 398 g/mol. The second kappa shape index (κ2) is 8.31. The predicted octanol–water partition coefficient (Wildman–Crippen LogP) is 3.27. The summed E-state index contributed by atoms with van der Waals surface area (Å²) in [6.07, 6.45) is 1.76. The largest absolute Gasteiger partial charge is 0.467 e. The molecule has 1 N–H and O–H groups in total. The summed E-state index contributed by atoms with van der Waals surface area (Å²) < 4.78 is 31.9. The number of benzene rings is 2. The number of amides is 1. The number of nitrogens with zero attached hydrogens (tertiary/aromatic N) is 1. The van der Waals surface area contributed by atoms with Crippen LogP contribution >= 0.6 is 0 Å². The molecule has 0 aliphatic heterocycles. The van der Waals surface area contributed by atoms with E-state index in [1.54, 1.807) is 66.9 Å². The third kappa shape index (κ3) is 4.61. The van der Waals surface area contributed by atoms with Crippen molar-refractivity contribution in [2.24, 2.45) is 0 Å². The second-order valence-electron chi connectivity index (χ2n) is 6.48. The lowest BCUT2D eigenvalue weighted by Crippen LogP contribution is -2.26. The van der Waals surface area contributed by atoms with E-state index in [2.05, 4.69) is 5.32 Å². The number of rotatable bonds is 7. The van der Waals surface area contributed by atoms with E-state index in [1.165, 1.54) is 11.4 Å². The molecule has 2 aromatic carbocycles. The number of carbonyl (C=O) groups is 1. The number of hydrogen-bond acceptors (Lipinski definition) is 4. The van der Waals surface area contributed by atoms with E-state index in [-0.39, 0.29) is 17.2 Å². The van der Waals surface area contributed by atoms with E-state index in [0.29, 0.717) is 18.0 Å². The van der Waals surface area contributed by atoms with Crippen LogP contribution in [0.4, 0.5) is 5.69 Å². The molecule has 0 unspecified atom stereocenters. The van der Waals surface area contributed by atoms with Gasteiger partial charge >= 0.3 is 0 Å². The zero-order valence-electron chi connectivity index (χ0n) is 15.8. The Morgan fingerprint density at radius 1 is 1.04 bits per heavy atom. The van der Waals surface area contributed by atoms with Gasteiger partial charge in [0.25, 0.3) is 10.0 Å². The standard InChI is InChI=1S/C21H22N2O4S/c1-16-5-11-20(12-6-16)28(25,26)23(2)18-9-7-17(8-10-18)14-21(24)22-15-19-4-3-13-27-19/h3-13H,14-15H2,1-2H3,(H,22,24). The number of furan rings is 1. The fourth-order valence-corrected chi connectivity index (χ4v) is 3.87. The minimum absolute atomic E-state index is 0.134. The Balaban J connectivity index is 1.64. The summed E-state index contributed by atoms with van der Waals surface area (Å²) in [6, 6.07) is 17.2. The predicted molar refractivity (Wildman–Crippen MR) is 107 cm³/mol. The summed E-state index contributed by atoms with van der Waals surface area (Å²) in [7, 11) is -2.12. The second-order valence-corrected chi connectivity index (χ2v) is 8.45. The van der Waals surface area contributed by atoms with Gasteiger partial charge in [-0.2, -0.15) is 0 Å². The molecular formula is C21H22N2O4S. The lowest BCUT2D eigenvalue weighted by atomic mass is 10.1. The van der Waals surface area contributed by atoms with Gasteiger partial charge in [0, 0.05) is 7.05 Å². The molecule has 3 rings (SSSR count). The highest BCUT2D eigenvalue weighted by atomic mass is 32.2. The van der Waals surface area contributed by atoms with Gasteiger partial charge in [-0.05, 0) is 48.9 Å². The van der Waals surface area contributed by atoms with Gasteiger partial charge in [-0.3, -0.25) is 9.10 Å². The summed E-state index contributed by atoms with van der Waals surface area (Å²) in [6.45, 7) is 2.24. The molecule has 0 radical (unpaired) electrons. The Morgan fingerprint density at radius 3 is 2.32 bits per heavy atom. The third-order valence-corrected chi connectivity index (χ3v) is 6.18. The maximum atomic E-state index is 12.8. The molecule has 0 saturated carbocycles. The lowest BCUT2D eigenvalue weighted by molar-refractivity contribution is -0.120. The Hall–Kier alpha value is -3.06. The van der Waals surface area contributed by atoms with Crippen molar-refractivity contribution in [3.05, 3.63) is 83.8 Å². The van der Waals surface area contributed by atoms with E-state index in [4.69, 9.17) is 4.42 Å². The van der Waals surface area contributed by atoms with Crippen LogP contribution in [0.1, 0.15) is 16.9 Å². The van der Waals surface area contributed by atoms with Gasteiger partial charge in [0.05, 0.1) is 29.8 Å². The van der Waals surface area contributed by atoms with Crippen molar-refractivity contribution in [3.8, 4) is 0 Å². The molecule has 1 heterocycles. The van der Waals surface area contributed by atoms with Crippen molar-refractivity contribution in [2.45, 2.75) is 24.8 Å². The van der Waals surface area contributed by atoms with Crippen LogP contribution in [0, 0.1) is 6.92 Å². The van der Waals surface area contributed by atoms with E-state index >= 15 is 0 Å². The molecule has 0 fully saturated rings. The fraction of sp³-hybridized carbons (Fsp3) is 0.190. The normalized spacial score (nSPS) is 11.2. The highest BCUT2D eigenvalue weighted by Crippen LogP contribution is 2.22. The van der Waals surface area contributed by atoms with Crippen LogP contribution < -0.4 is 9.62 Å². The summed E-state index contributed by atoms with van der Waals surface area (Å²) >= 11 is 0. The first-order valence-corrected chi connectivity index (χ1v) is 10.2. The Kier molecular flexibility index (Phi) is 5.84. The average molecular weight is 398 g/mol. The first-order valence-electron chi connectivity index (χ1n) is 8.80. The number of aryl methyl sites for hydroxylation is 1. The van der Waals surface area contributed by atoms with Gasteiger partial charge in [0.15, 0.2) is 0 Å². The number of nitrogens with one attached hydrogen (secondary N) is 1. The van der Waals surface area contributed by atoms with Crippen LogP contribution in [0.25, 0.3) is 0 Å². The van der Waals surface area contributed by atoms with E-state index in [0.717, 1.165) is 11.1 Å². The molecule has 7 heteroatoms. The summed E-state index contributed by atoms with van der Waals surface area (Å²) in [5, 5.41) is 2.78. The molecule has 146 valence electrons. The first kappa shape index (κ1) is 19.7. The molecule has 1 aromatic heterocycles. The smallest absolute Gasteiger partial charge is 0.264 e. The fourth-order valence-electron chi connectivity index (χ4n) is 2.68. The summed E-state index contributed by atoms with van der Waals surface area (Å²) in [4.78, 5) is 12.3. The highest BCUT2D eigenvalue weighted by Gasteiger charge is 2.21. The quantitative estimate of drug-likeness (QED) is 0.662.